The number of amides is 2. The van der Waals surface area contributed by atoms with Crippen molar-refractivity contribution in [3.05, 3.63) is 58.8 Å². The summed E-state index contributed by atoms with van der Waals surface area (Å²) in [4.78, 5) is 31.7. The van der Waals surface area contributed by atoms with Gasteiger partial charge in [0.2, 0.25) is 11.8 Å². The molecule has 0 spiro atoms. The Kier molecular flexibility index (Phi) is 7.59. The molecule has 1 aliphatic rings. The number of nitrogens with one attached hydrogen (secondary N) is 3. The Labute approximate surface area is 183 Å². The summed E-state index contributed by atoms with van der Waals surface area (Å²) < 4.78 is 0. The minimum Gasteiger partial charge on any atom is -0.384 e. The Morgan fingerprint density at radius 3 is 2.74 bits per heavy atom. The monoisotopic (exact) mass is 424 g/mol. The molecule has 0 bridgehead atoms. The second-order valence-electron chi connectivity index (χ2n) is 8.10. The molecule has 1 aromatic heterocycles. The summed E-state index contributed by atoms with van der Waals surface area (Å²) >= 11 is 0. The highest BCUT2D eigenvalue weighted by Crippen LogP contribution is 2.12. The fourth-order valence-electron chi connectivity index (χ4n) is 3.67. The Morgan fingerprint density at radius 1 is 1.23 bits per heavy atom. The number of rotatable bonds is 7. The highest BCUT2D eigenvalue weighted by Gasteiger charge is 2.27. The molecule has 0 saturated carbocycles. The largest absolute Gasteiger partial charge is 0.384 e. The summed E-state index contributed by atoms with van der Waals surface area (Å²) in [5.41, 5.74) is 9.84. The van der Waals surface area contributed by atoms with Gasteiger partial charge in [0.05, 0.1) is 6.04 Å². The van der Waals surface area contributed by atoms with Gasteiger partial charge in [0.1, 0.15) is 11.9 Å². The van der Waals surface area contributed by atoms with E-state index in [9.17, 15) is 9.59 Å². The van der Waals surface area contributed by atoms with Crippen LogP contribution in [0.25, 0.3) is 0 Å². The molecule has 2 aromatic rings. The summed E-state index contributed by atoms with van der Waals surface area (Å²) in [5.74, 6) is 0.0456. The van der Waals surface area contributed by atoms with E-state index in [0.29, 0.717) is 18.9 Å². The number of hydrogen-bond donors (Lipinski definition) is 4. The predicted molar refractivity (Wildman–Crippen MR) is 121 cm³/mol. The molecule has 1 saturated heterocycles. The lowest BCUT2D eigenvalue weighted by atomic mass is 10.1. The lowest BCUT2D eigenvalue weighted by Crippen LogP contribution is -2.59. The fourth-order valence-corrected chi connectivity index (χ4v) is 3.67. The zero-order chi connectivity index (χ0) is 22.4. The van der Waals surface area contributed by atoms with E-state index in [0.717, 1.165) is 30.9 Å². The summed E-state index contributed by atoms with van der Waals surface area (Å²) in [5, 5.41) is 8.94. The first-order chi connectivity index (χ1) is 14.8. The van der Waals surface area contributed by atoms with Crippen LogP contribution in [0, 0.1) is 13.8 Å². The lowest BCUT2D eigenvalue weighted by Gasteiger charge is -2.33. The Bertz CT molecular complexity index is 932. The third kappa shape index (κ3) is 6.26. The Morgan fingerprint density at radius 2 is 2.00 bits per heavy atom. The maximum atomic E-state index is 12.7. The van der Waals surface area contributed by atoms with Gasteiger partial charge in [-0.1, -0.05) is 30.3 Å². The van der Waals surface area contributed by atoms with Gasteiger partial charge in [0.15, 0.2) is 0 Å². The normalized spacial score (nSPS) is 17.7. The number of carbonyl (C=O) groups is 2. The average molecular weight is 425 g/mol. The van der Waals surface area contributed by atoms with Crippen molar-refractivity contribution in [3.8, 4) is 0 Å². The molecular weight excluding hydrogens is 392 g/mol. The van der Waals surface area contributed by atoms with Gasteiger partial charge in [-0.3, -0.25) is 14.5 Å². The minimum absolute atomic E-state index is 0.164. The van der Waals surface area contributed by atoms with Crippen molar-refractivity contribution >= 4 is 17.6 Å². The van der Waals surface area contributed by atoms with Crippen molar-refractivity contribution in [1.82, 2.24) is 25.8 Å². The molecule has 0 aliphatic carbocycles. The number of nitrogens with zero attached hydrogens (tertiary/aromatic N) is 2. The standard InChI is InChI=1S/C23H32N6O2/c1-15-6-4-5-7-19(15)13-29-11-10-25-20(14-29)23(31)28-17(3)22(30)26-12-18-8-9-21(24)27-16(18)2/h4-9,17,20,25H,10-14H2,1-3H3,(H2,24,27)(H,26,30)(H,28,31)/t17-,20+/m0/s1. The number of aryl methyl sites for hydroxylation is 2. The molecule has 0 radical (unpaired) electrons. The second kappa shape index (κ2) is 10.4. The van der Waals surface area contributed by atoms with Gasteiger partial charge >= 0.3 is 0 Å². The highest BCUT2D eigenvalue weighted by molar-refractivity contribution is 5.89. The van der Waals surface area contributed by atoms with Crippen LogP contribution in [0.5, 0.6) is 0 Å². The highest BCUT2D eigenvalue weighted by atomic mass is 16.2. The van der Waals surface area contributed by atoms with E-state index < -0.39 is 6.04 Å². The van der Waals surface area contributed by atoms with Gasteiger partial charge in [0, 0.05) is 38.4 Å². The van der Waals surface area contributed by atoms with Gasteiger partial charge in [0.25, 0.3) is 0 Å². The Hall–Kier alpha value is -2.97. The van der Waals surface area contributed by atoms with Gasteiger partial charge in [-0.2, -0.15) is 0 Å². The van der Waals surface area contributed by atoms with Crippen molar-refractivity contribution in [2.24, 2.45) is 0 Å². The van der Waals surface area contributed by atoms with E-state index in [-0.39, 0.29) is 17.9 Å². The van der Waals surface area contributed by atoms with Gasteiger partial charge in [-0.05, 0) is 43.5 Å². The fraction of sp³-hybridized carbons (Fsp3) is 0.435. The maximum Gasteiger partial charge on any atom is 0.242 e. The zero-order valence-electron chi connectivity index (χ0n) is 18.4. The molecule has 8 heteroatoms. The SMILES string of the molecule is Cc1ccccc1CN1CCN[C@@H](C(=O)N[C@@H](C)C(=O)NCc2ccc(N)nc2C)C1. The molecule has 8 nitrogen and oxygen atoms in total. The first kappa shape index (κ1) is 22.7. The second-order valence-corrected chi connectivity index (χ2v) is 8.10. The average Bonchev–Trinajstić information content (AvgIpc) is 2.74. The Balaban J connectivity index is 1.49. The van der Waals surface area contributed by atoms with Gasteiger partial charge in [-0.25, -0.2) is 4.98 Å². The molecule has 31 heavy (non-hydrogen) atoms. The lowest BCUT2D eigenvalue weighted by molar-refractivity contribution is -0.130. The predicted octanol–water partition coefficient (Wildman–Crippen LogP) is 0.876. The van der Waals surface area contributed by atoms with Gasteiger partial charge in [-0.15, -0.1) is 0 Å². The van der Waals surface area contributed by atoms with E-state index >= 15 is 0 Å². The molecule has 166 valence electrons. The van der Waals surface area contributed by atoms with E-state index in [1.54, 1.807) is 13.0 Å². The molecule has 0 unspecified atom stereocenters. The van der Waals surface area contributed by atoms with Crippen LogP contribution < -0.4 is 21.7 Å². The van der Waals surface area contributed by atoms with Crippen LogP contribution in [0.2, 0.25) is 0 Å². The number of carbonyl (C=O) groups excluding carboxylic acids is 2. The molecule has 3 rings (SSSR count). The van der Waals surface area contributed by atoms with Crippen LogP contribution in [0.1, 0.15) is 29.3 Å². The van der Waals surface area contributed by atoms with E-state index in [1.165, 1.54) is 11.1 Å². The maximum absolute atomic E-state index is 12.7. The summed E-state index contributed by atoms with van der Waals surface area (Å²) in [6.45, 7) is 8.99. The number of hydrogen-bond acceptors (Lipinski definition) is 6. The van der Waals surface area contributed by atoms with Crippen LogP contribution in [-0.4, -0.2) is 53.4 Å². The number of nitrogens with two attached hydrogens (primary N) is 1. The van der Waals surface area contributed by atoms with Crippen molar-refractivity contribution < 1.29 is 9.59 Å². The van der Waals surface area contributed by atoms with Crippen molar-refractivity contribution in [3.63, 3.8) is 0 Å². The smallest absolute Gasteiger partial charge is 0.242 e. The zero-order valence-corrected chi connectivity index (χ0v) is 18.4. The van der Waals surface area contributed by atoms with Crippen molar-refractivity contribution in [2.75, 3.05) is 25.4 Å². The van der Waals surface area contributed by atoms with E-state index in [4.69, 9.17) is 5.73 Å². The first-order valence-electron chi connectivity index (χ1n) is 10.6. The molecule has 1 aliphatic heterocycles. The number of piperazine rings is 1. The number of benzene rings is 1. The molecule has 2 amide bonds. The molecule has 1 aromatic carbocycles. The first-order valence-corrected chi connectivity index (χ1v) is 10.6. The molecular formula is C23H32N6O2. The summed E-state index contributed by atoms with van der Waals surface area (Å²) in [6.07, 6.45) is 0. The molecule has 2 heterocycles. The van der Waals surface area contributed by atoms with Crippen LogP contribution in [-0.2, 0) is 22.7 Å². The molecule has 1 fully saturated rings. The van der Waals surface area contributed by atoms with Crippen LogP contribution >= 0.6 is 0 Å². The third-order valence-electron chi connectivity index (χ3n) is 5.65. The minimum atomic E-state index is -0.636. The van der Waals surface area contributed by atoms with Crippen molar-refractivity contribution in [2.45, 2.75) is 45.9 Å². The third-order valence-corrected chi connectivity index (χ3v) is 5.65. The van der Waals surface area contributed by atoms with Crippen LogP contribution in [0.4, 0.5) is 5.82 Å². The van der Waals surface area contributed by atoms with Crippen LogP contribution in [0.3, 0.4) is 0 Å². The number of anilines is 1. The van der Waals surface area contributed by atoms with Crippen LogP contribution in [0.15, 0.2) is 36.4 Å². The molecule has 2 atom stereocenters. The van der Waals surface area contributed by atoms with Gasteiger partial charge < -0.3 is 21.7 Å². The topological polar surface area (TPSA) is 112 Å². The number of nitrogen functional groups attached to an aromatic ring is 1. The summed E-state index contributed by atoms with van der Waals surface area (Å²) in [6, 6.07) is 10.9. The van der Waals surface area contributed by atoms with E-state index in [1.807, 2.05) is 25.1 Å². The van der Waals surface area contributed by atoms with E-state index in [2.05, 4.69) is 44.9 Å². The number of pyridine rings is 1. The van der Waals surface area contributed by atoms with Crippen molar-refractivity contribution in [1.29, 1.82) is 0 Å². The quantitative estimate of drug-likeness (QED) is 0.525. The molecule has 5 N–H and O–H groups in total. The number of aromatic nitrogens is 1. The summed E-state index contributed by atoms with van der Waals surface area (Å²) in [7, 11) is 0.